The van der Waals surface area contributed by atoms with Crippen molar-refractivity contribution in [2.75, 3.05) is 13.1 Å². The average Bonchev–Trinajstić information content (AvgIpc) is 2.43. The highest BCUT2D eigenvalue weighted by Gasteiger charge is 2.17. The summed E-state index contributed by atoms with van der Waals surface area (Å²) in [6.45, 7) is 4.12. The summed E-state index contributed by atoms with van der Waals surface area (Å²) in [5.74, 6) is -0.866. The van der Waals surface area contributed by atoms with E-state index in [0.717, 1.165) is 5.56 Å². The predicted molar refractivity (Wildman–Crippen MR) is 77.4 cm³/mol. The number of nitrogens with one attached hydrogen (secondary N) is 1. The molecule has 0 aromatic heterocycles. The monoisotopic (exact) mass is 289 g/mol. The quantitative estimate of drug-likeness (QED) is 0.835. The second kappa shape index (κ2) is 7.90. The van der Waals surface area contributed by atoms with Gasteiger partial charge in [0.05, 0.1) is 11.6 Å². The Morgan fingerprint density at radius 3 is 2.71 bits per heavy atom. The van der Waals surface area contributed by atoms with Gasteiger partial charge in [0.15, 0.2) is 0 Å². The van der Waals surface area contributed by atoms with Gasteiger partial charge < -0.3 is 15.3 Å². The van der Waals surface area contributed by atoms with Crippen molar-refractivity contribution in [3.05, 3.63) is 35.4 Å². The molecule has 1 rings (SSSR count). The molecule has 0 bridgehead atoms. The number of carboxylic acids is 1. The minimum atomic E-state index is -1.04. The van der Waals surface area contributed by atoms with E-state index >= 15 is 0 Å². The Kier molecular flexibility index (Phi) is 6.21. The van der Waals surface area contributed by atoms with Gasteiger partial charge >= 0.3 is 12.0 Å². The van der Waals surface area contributed by atoms with Crippen molar-refractivity contribution in [2.45, 2.75) is 20.4 Å². The van der Waals surface area contributed by atoms with E-state index < -0.39 is 12.0 Å². The predicted octanol–water partition coefficient (Wildman–Crippen LogP) is 1.81. The van der Waals surface area contributed by atoms with Crippen molar-refractivity contribution in [1.29, 1.82) is 5.26 Å². The average molecular weight is 289 g/mol. The molecule has 0 aliphatic heterocycles. The third-order valence-corrected chi connectivity index (χ3v) is 2.70. The molecule has 0 aliphatic carbocycles. The summed E-state index contributed by atoms with van der Waals surface area (Å²) in [6, 6.07) is 8.51. The summed E-state index contributed by atoms with van der Waals surface area (Å²) in [5, 5.41) is 20.3. The first kappa shape index (κ1) is 16.5. The van der Waals surface area contributed by atoms with E-state index in [-0.39, 0.29) is 19.0 Å². The van der Waals surface area contributed by atoms with Crippen molar-refractivity contribution < 1.29 is 14.7 Å². The normalized spacial score (nSPS) is 10.0. The number of nitrogens with zero attached hydrogens (tertiary/aromatic N) is 2. The fourth-order valence-corrected chi connectivity index (χ4v) is 1.86. The Balaban J connectivity index is 2.64. The van der Waals surface area contributed by atoms with E-state index in [1.807, 2.05) is 19.9 Å². The molecule has 6 heteroatoms. The molecule has 1 aromatic rings. The molecule has 6 nitrogen and oxygen atoms in total. The highest BCUT2D eigenvalue weighted by atomic mass is 16.4. The van der Waals surface area contributed by atoms with Gasteiger partial charge in [0.1, 0.15) is 6.54 Å². The molecule has 0 saturated heterocycles. The first-order chi connectivity index (χ1) is 9.92. The van der Waals surface area contributed by atoms with Crippen LogP contribution >= 0.6 is 0 Å². The number of hydrogen-bond acceptors (Lipinski definition) is 3. The molecule has 0 radical (unpaired) electrons. The molecule has 1 aromatic carbocycles. The van der Waals surface area contributed by atoms with E-state index in [9.17, 15) is 9.59 Å². The summed E-state index contributed by atoms with van der Waals surface area (Å²) in [4.78, 5) is 24.1. The van der Waals surface area contributed by atoms with Crippen LogP contribution in [0, 0.1) is 17.2 Å². The minimum Gasteiger partial charge on any atom is -0.480 e. The fraction of sp³-hybridized carbons (Fsp3) is 0.400. The van der Waals surface area contributed by atoms with Crippen molar-refractivity contribution >= 4 is 12.0 Å². The number of carbonyl (C=O) groups is 2. The number of carbonyl (C=O) groups excluding carboxylic acids is 1. The SMILES string of the molecule is CC(C)CN(CC(=O)O)C(=O)NCc1cccc(C#N)c1. The maximum absolute atomic E-state index is 12.0. The number of rotatable bonds is 6. The van der Waals surface area contributed by atoms with Gasteiger partial charge in [0.2, 0.25) is 0 Å². The van der Waals surface area contributed by atoms with Crippen molar-refractivity contribution in [2.24, 2.45) is 5.92 Å². The molecule has 2 N–H and O–H groups in total. The number of nitriles is 1. The Labute approximate surface area is 124 Å². The summed E-state index contributed by atoms with van der Waals surface area (Å²) in [7, 11) is 0. The summed E-state index contributed by atoms with van der Waals surface area (Å²) >= 11 is 0. The number of aliphatic carboxylic acids is 1. The zero-order valence-electron chi connectivity index (χ0n) is 12.2. The Morgan fingerprint density at radius 1 is 1.43 bits per heavy atom. The van der Waals surface area contributed by atoms with Crippen molar-refractivity contribution in [3.63, 3.8) is 0 Å². The van der Waals surface area contributed by atoms with Crippen molar-refractivity contribution in [1.82, 2.24) is 10.2 Å². The smallest absolute Gasteiger partial charge is 0.323 e. The molecule has 0 atom stereocenters. The minimum absolute atomic E-state index is 0.178. The lowest BCUT2D eigenvalue weighted by atomic mass is 10.1. The molecule has 0 aliphatic rings. The lowest BCUT2D eigenvalue weighted by Gasteiger charge is -2.23. The second-order valence-corrected chi connectivity index (χ2v) is 5.14. The third kappa shape index (κ3) is 5.95. The van der Waals surface area contributed by atoms with Gasteiger partial charge in [-0.1, -0.05) is 26.0 Å². The molecule has 0 heterocycles. The molecule has 112 valence electrons. The van der Waals surface area contributed by atoms with E-state index in [4.69, 9.17) is 10.4 Å². The van der Waals surface area contributed by atoms with Gasteiger partial charge in [-0.3, -0.25) is 4.79 Å². The van der Waals surface area contributed by atoms with Crippen LogP contribution in [0.5, 0.6) is 0 Å². The summed E-state index contributed by atoms with van der Waals surface area (Å²) in [6.07, 6.45) is 0. The Hall–Kier alpha value is -2.55. The maximum Gasteiger partial charge on any atom is 0.323 e. The molecule has 0 spiro atoms. The van der Waals surface area contributed by atoms with E-state index in [0.29, 0.717) is 12.1 Å². The van der Waals surface area contributed by atoms with Crippen LogP contribution in [-0.2, 0) is 11.3 Å². The molecule has 0 saturated carbocycles. The van der Waals surface area contributed by atoms with E-state index in [1.54, 1.807) is 24.3 Å². The van der Waals surface area contributed by atoms with Gasteiger partial charge in [-0.15, -0.1) is 0 Å². The topological polar surface area (TPSA) is 93.4 Å². The fourth-order valence-electron chi connectivity index (χ4n) is 1.86. The van der Waals surface area contributed by atoms with Gasteiger partial charge in [0, 0.05) is 13.1 Å². The number of urea groups is 1. The molecule has 2 amide bonds. The zero-order chi connectivity index (χ0) is 15.8. The lowest BCUT2D eigenvalue weighted by molar-refractivity contribution is -0.137. The summed E-state index contributed by atoms with van der Waals surface area (Å²) in [5.41, 5.74) is 1.31. The largest absolute Gasteiger partial charge is 0.480 e. The zero-order valence-corrected chi connectivity index (χ0v) is 12.2. The van der Waals surface area contributed by atoms with Crippen LogP contribution in [0.1, 0.15) is 25.0 Å². The van der Waals surface area contributed by atoms with Gasteiger partial charge in [-0.25, -0.2) is 4.79 Å². The molecular formula is C15H19N3O3. The molecule has 0 fully saturated rings. The van der Waals surface area contributed by atoms with Crippen LogP contribution < -0.4 is 5.32 Å². The molecule has 21 heavy (non-hydrogen) atoms. The van der Waals surface area contributed by atoms with Gasteiger partial charge in [-0.2, -0.15) is 5.26 Å². The van der Waals surface area contributed by atoms with Crippen LogP contribution in [0.4, 0.5) is 4.79 Å². The number of amides is 2. The van der Waals surface area contributed by atoms with E-state index in [1.165, 1.54) is 4.90 Å². The highest BCUT2D eigenvalue weighted by molar-refractivity contribution is 5.80. The Morgan fingerprint density at radius 2 is 2.14 bits per heavy atom. The Bertz CT molecular complexity index is 549. The number of benzene rings is 1. The van der Waals surface area contributed by atoms with Gasteiger partial charge in [-0.05, 0) is 23.6 Å². The highest BCUT2D eigenvalue weighted by Crippen LogP contribution is 2.05. The lowest BCUT2D eigenvalue weighted by Crippen LogP contribution is -2.44. The van der Waals surface area contributed by atoms with Crippen LogP contribution in [0.2, 0.25) is 0 Å². The van der Waals surface area contributed by atoms with Crippen LogP contribution in [0.3, 0.4) is 0 Å². The second-order valence-electron chi connectivity index (χ2n) is 5.14. The standard InChI is InChI=1S/C15H19N3O3/c1-11(2)9-18(10-14(19)20)15(21)17-8-13-5-3-4-12(6-13)7-16/h3-6,11H,8-10H2,1-2H3,(H,17,21)(H,19,20). The number of carboxylic acid groups (broad SMARTS) is 1. The first-order valence-electron chi connectivity index (χ1n) is 6.66. The van der Waals surface area contributed by atoms with Crippen LogP contribution in [0.25, 0.3) is 0 Å². The van der Waals surface area contributed by atoms with Crippen LogP contribution in [-0.4, -0.2) is 35.1 Å². The third-order valence-electron chi connectivity index (χ3n) is 2.70. The van der Waals surface area contributed by atoms with Crippen LogP contribution in [0.15, 0.2) is 24.3 Å². The number of hydrogen-bond donors (Lipinski definition) is 2. The molecule has 0 unspecified atom stereocenters. The molecular weight excluding hydrogens is 270 g/mol. The van der Waals surface area contributed by atoms with E-state index in [2.05, 4.69) is 5.32 Å². The maximum atomic E-state index is 12.0. The van der Waals surface area contributed by atoms with Gasteiger partial charge in [0.25, 0.3) is 0 Å². The summed E-state index contributed by atoms with van der Waals surface area (Å²) < 4.78 is 0. The first-order valence-corrected chi connectivity index (χ1v) is 6.66. The van der Waals surface area contributed by atoms with Crippen molar-refractivity contribution in [3.8, 4) is 6.07 Å².